The molecular weight excluding hydrogens is 166 g/mol. The van der Waals surface area contributed by atoms with Crippen molar-refractivity contribution in [1.82, 2.24) is 4.90 Å². The SMILES string of the molecule is C#CCCN1C(=O)CCC1OCC. The molecule has 1 aliphatic heterocycles. The third-order valence-electron chi connectivity index (χ3n) is 2.13. The fourth-order valence-electron chi connectivity index (χ4n) is 1.53. The highest BCUT2D eigenvalue weighted by Gasteiger charge is 2.30. The highest BCUT2D eigenvalue weighted by Crippen LogP contribution is 2.19. The van der Waals surface area contributed by atoms with Gasteiger partial charge >= 0.3 is 0 Å². The van der Waals surface area contributed by atoms with Crippen LogP contribution in [0, 0.1) is 12.3 Å². The number of ether oxygens (including phenoxy) is 1. The molecule has 13 heavy (non-hydrogen) atoms. The van der Waals surface area contributed by atoms with Gasteiger partial charge in [0, 0.05) is 32.4 Å². The van der Waals surface area contributed by atoms with E-state index in [1.54, 1.807) is 4.90 Å². The zero-order chi connectivity index (χ0) is 9.68. The molecule has 3 nitrogen and oxygen atoms in total. The lowest BCUT2D eigenvalue weighted by molar-refractivity contribution is -0.135. The van der Waals surface area contributed by atoms with Gasteiger partial charge in [-0.3, -0.25) is 4.79 Å². The van der Waals surface area contributed by atoms with E-state index in [9.17, 15) is 4.79 Å². The number of rotatable bonds is 4. The molecule has 3 heteroatoms. The fourth-order valence-corrected chi connectivity index (χ4v) is 1.53. The Labute approximate surface area is 79.1 Å². The number of hydrogen-bond donors (Lipinski definition) is 0. The van der Waals surface area contributed by atoms with Gasteiger partial charge in [-0.1, -0.05) is 0 Å². The number of terminal acetylenes is 1. The van der Waals surface area contributed by atoms with Crippen LogP contribution in [-0.4, -0.2) is 30.2 Å². The highest BCUT2D eigenvalue weighted by atomic mass is 16.5. The van der Waals surface area contributed by atoms with Gasteiger partial charge < -0.3 is 9.64 Å². The van der Waals surface area contributed by atoms with Gasteiger partial charge in [-0.15, -0.1) is 12.3 Å². The van der Waals surface area contributed by atoms with Gasteiger partial charge in [0.25, 0.3) is 0 Å². The van der Waals surface area contributed by atoms with Crippen molar-refractivity contribution in [2.45, 2.75) is 32.4 Å². The van der Waals surface area contributed by atoms with Crippen LogP contribution in [0.15, 0.2) is 0 Å². The van der Waals surface area contributed by atoms with E-state index < -0.39 is 0 Å². The van der Waals surface area contributed by atoms with Crippen LogP contribution in [0.1, 0.15) is 26.2 Å². The summed E-state index contributed by atoms with van der Waals surface area (Å²) in [6.45, 7) is 3.20. The largest absolute Gasteiger partial charge is 0.359 e. The normalized spacial score (nSPS) is 22.0. The van der Waals surface area contributed by atoms with E-state index in [4.69, 9.17) is 11.2 Å². The van der Waals surface area contributed by atoms with E-state index >= 15 is 0 Å². The summed E-state index contributed by atoms with van der Waals surface area (Å²) >= 11 is 0. The third kappa shape index (κ3) is 2.46. The molecule has 1 unspecified atom stereocenters. The molecule has 0 saturated carbocycles. The summed E-state index contributed by atoms with van der Waals surface area (Å²) in [5.41, 5.74) is 0. The molecule has 1 atom stereocenters. The molecule has 72 valence electrons. The van der Waals surface area contributed by atoms with Gasteiger partial charge in [0.15, 0.2) is 0 Å². The maximum atomic E-state index is 11.3. The third-order valence-corrected chi connectivity index (χ3v) is 2.13. The second-order valence-electron chi connectivity index (χ2n) is 2.99. The molecule has 1 rings (SSSR count). The smallest absolute Gasteiger partial charge is 0.224 e. The number of carbonyl (C=O) groups is 1. The summed E-state index contributed by atoms with van der Waals surface area (Å²) < 4.78 is 5.42. The molecule has 0 aromatic heterocycles. The average Bonchev–Trinajstić information content (AvgIpc) is 2.45. The van der Waals surface area contributed by atoms with E-state index in [0.29, 0.717) is 26.0 Å². The standard InChI is InChI=1S/C10H15NO2/c1-3-5-8-11-9(12)6-7-10(11)13-4-2/h1,10H,4-8H2,2H3. The molecule has 0 bridgehead atoms. The number of likely N-dealkylation sites (tertiary alicyclic amines) is 1. The fraction of sp³-hybridized carbons (Fsp3) is 0.700. The summed E-state index contributed by atoms with van der Waals surface area (Å²) in [4.78, 5) is 13.1. The first kappa shape index (κ1) is 10.1. The minimum Gasteiger partial charge on any atom is -0.359 e. The van der Waals surface area contributed by atoms with Gasteiger partial charge in [0.2, 0.25) is 5.91 Å². The van der Waals surface area contributed by atoms with Crippen molar-refractivity contribution >= 4 is 5.91 Å². The molecule has 1 heterocycles. The van der Waals surface area contributed by atoms with E-state index in [1.807, 2.05) is 6.92 Å². The Morgan fingerprint density at radius 2 is 2.54 bits per heavy atom. The molecule has 0 N–H and O–H groups in total. The minimum absolute atomic E-state index is 0.0363. The first-order chi connectivity index (χ1) is 6.29. The molecule has 0 aliphatic carbocycles. The molecule has 1 fully saturated rings. The number of carbonyl (C=O) groups excluding carboxylic acids is 1. The molecule has 1 aliphatic rings. The van der Waals surface area contributed by atoms with Crippen LogP contribution in [0.3, 0.4) is 0 Å². The van der Waals surface area contributed by atoms with Crippen LogP contribution >= 0.6 is 0 Å². The van der Waals surface area contributed by atoms with Crippen molar-refractivity contribution < 1.29 is 9.53 Å². The Kier molecular flexibility index (Phi) is 3.78. The van der Waals surface area contributed by atoms with Crippen LogP contribution < -0.4 is 0 Å². The first-order valence-corrected chi connectivity index (χ1v) is 4.64. The maximum Gasteiger partial charge on any atom is 0.224 e. The molecule has 1 amide bonds. The second-order valence-corrected chi connectivity index (χ2v) is 2.99. The summed E-state index contributed by atoms with van der Waals surface area (Å²) in [6, 6.07) is 0. The Balaban J connectivity index is 2.45. The lowest BCUT2D eigenvalue weighted by Crippen LogP contribution is -2.35. The average molecular weight is 181 g/mol. The maximum absolute atomic E-state index is 11.3. The predicted molar refractivity (Wildman–Crippen MR) is 49.8 cm³/mol. The van der Waals surface area contributed by atoms with Crippen LogP contribution in [0.25, 0.3) is 0 Å². The van der Waals surface area contributed by atoms with Crippen LogP contribution in [0.5, 0.6) is 0 Å². The number of nitrogens with zero attached hydrogens (tertiary/aromatic N) is 1. The lowest BCUT2D eigenvalue weighted by atomic mass is 10.3. The van der Waals surface area contributed by atoms with Crippen LogP contribution in [0.2, 0.25) is 0 Å². The Bertz CT molecular complexity index is 219. The summed E-state index contributed by atoms with van der Waals surface area (Å²) in [6.07, 6.45) is 7.11. The highest BCUT2D eigenvalue weighted by molar-refractivity contribution is 5.78. The van der Waals surface area contributed by atoms with E-state index in [2.05, 4.69) is 5.92 Å². The van der Waals surface area contributed by atoms with Crippen molar-refractivity contribution in [3.8, 4) is 12.3 Å². The number of amides is 1. The van der Waals surface area contributed by atoms with Crippen molar-refractivity contribution in [3.05, 3.63) is 0 Å². The Morgan fingerprint density at radius 1 is 1.77 bits per heavy atom. The number of hydrogen-bond acceptors (Lipinski definition) is 2. The second kappa shape index (κ2) is 4.88. The van der Waals surface area contributed by atoms with Gasteiger partial charge in [-0.05, 0) is 6.92 Å². The zero-order valence-electron chi connectivity index (χ0n) is 7.95. The monoisotopic (exact) mass is 181 g/mol. The molecule has 0 aromatic rings. The first-order valence-electron chi connectivity index (χ1n) is 4.64. The molecule has 0 spiro atoms. The van der Waals surface area contributed by atoms with Crippen LogP contribution in [-0.2, 0) is 9.53 Å². The van der Waals surface area contributed by atoms with Gasteiger partial charge in [-0.25, -0.2) is 0 Å². The quantitative estimate of drug-likeness (QED) is 0.605. The van der Waals surface area contributed by atoms with Gasteiger partial charge in [0.05, 0.1) is 0 Å². The Hall–Kier alpha value is -1.01. The van der Waals surface area contributed by atoms with Crippen molar-refractivity contribution in [2.24, 2.45) is 0 Å². The van der Waals surface area contributed by atoms with E-state index in [0.717, 1.165) is 6.42 Å². The van der Waals surface area contributed by atoms with Crippen molar-refractivity contribution in [3.63, 3.8) is 0 Å². The topological polar surface area (TPSA) is 29.5 Å². The van der Waals surface area contributed by atoms with Crippen molar-refractivity contribution in [1.29, 1.82) is 0 Å². The molecule has 0 aromatic carbocycles. The predicted octanol–water partition coefficient (Wildman–Crippen LogP) is 0.995. The Morgan fingerprint density at radius 3 is 3.15 bits per heavy atom. The summed E-state index contributed by atoms with van der Waals surface area (Å²) in [5.74, 6) is 2.69. The van der Waals surface area contributed by atoms with E-state index in [-0.39, 0.29) is 12.1 Å². The molecule has 1 saturated heterocycles. The molecule has 0 radical (unpaired) electrons. The lowest BCUT2D eigenvalue weighted by Gasteiger charge is -2.23. The summed E-state index contributed by atoms with van der Waals surface area (Å²) in [5, 5.41) is 0. The van der Waals surface area contributed by atoms with Gasteiger partial charge in [0.1, 0.15) is 6.23 Å². The zero-order valence-corrected chi connectivity index (χ0v) is 7.95. The summed E-state index contributed by atoms with van der Waals surface area (Å²) in [7, 11) is 0. The van der Waals surface area contributed by atoms with Crippen LogP contribution in [0.4, 0.5) is 0 Å². The van der Waals surface area contributed by atoms with Gasteiger partial charge in [-0.2, -0.15) is 0 Å². The molecular formula is C10H15NO2. The minimum atomic E-state index is -0.0363. The van der Waals surface area contributed by atoms with E-state index in [1.165, 1.54) is 0 Å². The van der Waals surface area contributed by atoms with Crippen molar-refractivity contribution in [2.75, 3.05) is 13.2 Å².